The highest BCUT2D eigenvalue weighted by Crippen LogP contribution is 2.17. The van der Waals surface area contributed by atoms with Gasteiger partial charge in [0, 0.05) is 19.3 Å². The minimum absolute atomic E-state index is 0.0862. The molecule has 0 N–H and O–H groups in total. The minimum atomic E-state index is -0.793. The summed E-state index contributed by atoms with van der Waals surface area (Å²) in [7, 11) is 0. The second-order valence-corrected chi connectivity index (χ2v) is 21.7. The van der Waals surface area contributed by atoms with E-state index in [0.717, 1.165) is 96.3 Å². The van der Waals surface area contributed by atoms with Gasteiger partial charge in [0.15, 0.2) is 6.10 Å². The van der Waals surface area contributed by atoms with Crippen LogP contribution in [0.25, 0.3) is 0 Å². The van der Waals surface area contributed by atoms with Gasteiger partial charge in [0.05, 0.1) is 0 Å². The number of esters is 3. The topological polar surface area (TPSA) is 78.9 Å². The fourth-order valence-electron chi connectivity index (χ4n) is 9.28. The molecule has 0 aromatic carbocycles. The molecule has 0 aliphatic rings. The highest BCUT2D eigenvalue weighted by atomic mass is 16.6. The zero-order valence-electron chi connectivity index (χ0n) is 49.8. The van der Waals surface area contributed by atoms with Crippen molar-refractivity contribution >= 4 is 17.9 Å². The van der Waals surface area contributed by atoms with Gasteiger partial charge in [0.1, 0.15) is 13.2 Å². The van der Waals surface area contributed by atoms with Gasteiger partial charge < -0.3 is 14.2 Å². The molecule has 0 amide bonds. The lowest BCUT2D eigenvalue weighted by atomic mass is 10.0. The molecular weight excluding hydrogens is 925 g/mol. The lowest BCUT2D eigenvalue weighted by Gasteiger charge is -2.18. The van der Waals surface area contributed by atoms with E-state index >= 15 is 0 Å². The van der Waals surface area contributed by atoms with Gasteiger partial charge in [-0.25, -0.2) is 0 Å². The molecule has 0 aromatic rings. The van der Waals surface area contributed by atoms with E-state index < -0.39 is 6.10 Å². The number of carbonyl (C=O) groups excluding carboxylic acids is 3. The number of hydrogen-bond acceptors (Lipinski definition) is 6. The van der Waals surface area contributed by atoms with Crippen molar-refractivity contribution in [2.75, 3.05) is 13.2 Å². The molecule has 1 atom stereocenters. The first kappa shape index (κ1) is 71.8. The SMILES string of the molecule is CCCCC/C=C\C/C=C\C/C=C\C/C=C\CCCCCC(=O)OC[C@H](COC(=O)CCCCCCCCCCCCCCCCCCCCCCC)OC(=O)CCCCCCCCC/C=C\C/C=C\CCCCC. The Morgan fingerprint density at radius 1 is 0.267 bits per heavy atom. The van der Waals surface area contributed by atoms with Gasteiger partial charge in [-0.15, -0.1) is 0 Å². The van der Waals surface area contributed by atoms with Crippen molar-refractivity contribution in [3.8, 4) is 0 Å². The van der Waals surface area contributed by atoms with E-state index in [4.69, 9.17) is 14.2 Å². The summed E-state index contributed by atoms with van der Waals surface area (Å²) in [5.41, 5.74) is 0. The standard InChI is InChI=1S/C69H122O6/c1-4-7-10-13-16-19-22-25-28-31-33-34-36-39-41-44-47-50-53-56-59-62-68(71)74-65-66(75-69(72)63-60-57-54-51-48-45-42-37-30-27-24-21-18-15-12-9-6-3)64-73-67(70)61-58-55-52-49-46-43-40-38-35-32-29-26-23-20-17-14-11-8-5-2/h17-18,20-21,26-27,29-30,35,38,43,46,66H,4-16,19,22-25,28,31-34,36-37,39-42,44-45,47-65H2,1-3H3/b20-17-,21-18-,29-26-,30-27-,38-35-,46-43-/t66-/m1/s1. The van der Waals surface area contributed by atoms with Crippen molar-refractivity contribution in [1.29, 1.82) is 0 Å². The van der Waals surface area contributed by atoms with E-state index in [9.17, 15) is 14.4 Å². The minimum Gasteiger partial charge on any atom is -0.462 e. The Kier molecular flexibility index (Phi) is 60.7. The normalized spacial score (nSPS) is 12.5. The molecular formula is C69H122O6. The molecule has 0 fully saturated rings. The first-order valence-electron chi connectivity index (χ1n) is 32.4. The molecule has 0 saturated carbocycles. The van der Waals surface area contributed by atoms with Crippen molar-refractivity contribution in [3.05, 3.63) is 72.9 Å². The molecule has 75 heavy (non-hydrogen) atoms. The third kappa shape index (κ3) is 61.6. The van der Waals surface area contributed by atoms with Crippen LogP contribution in [-0.2, 0) is 28.6 Å². The zero-order valence-corrected chi connectivity index (χ0v) is 49.8. The number of unbranched alkanes of at least 4 members (excludes halogenated alkanes) is 36. The van der Waals surface area contributed by atoms with Crippen LogP contribution in [0.5, 0.6) is 0 Å². The average Bonchev–Trinajstić information content (AvgIpc) is 3.41. The molecule has 0 heterocycles. The predicted octanol–water partition coefficient (Wildman–Crippen LogP) is 22.1. The van der Waals surface area contributed by atoms with Crippen LogP contribution in [0.2, 0.25) is 0 Å². The van der Waals surface area contributed by atoms with Gasteiger partial charge >= 0.3 is 17.9 Å². The summed E-state index contributed by atoms with van der Waals surface area (Å²) in [4.78, 5) is 38.3. The van der Waals surface area contributed by atoms with Crippen molar-refractivity contribution in [2.45, 2.75) is 335 Å². The van der Waals surface area contributed by atoms with Crippen LogP contribution in [0.15, 0.2) is 72.9 Å². The fraction of sp³-hybridized carbons (Fsp3) is 0.783. The van der Waals surface area contributed by atoms with Crippen LogP contribution < -0.4 is 0 Å². The van der Waals surface area contributed by atoms with E-state index in [0.29, 0.717) is 19.3 Å². The molecule has 0 radical (unpaired) electrons. The molecule has 0 aromatic heterocycles. The Hall–Kier alpha value is -3.15. The summed E-state index contributed by atoms with van der Waals surface area (Å²) >= 11 is 0. The van der Waals surface area contributed by atoms with Crippen LogP contribution in [-0.4, -0.2) is 37.2 Å². The van der Waals surface area contributed by atoms with Gasteiger partial charge in [0.25, 0.3) is 0 Å². The monoisotopic (exact) mass is 1050 g/mol. The first-order valence-corrected chi connectivity index (χ1v) is 32.4. The van der Waals surface area contributed by atoms with E-state index in [1.165, 1.54) is 193 Å². The highest BCUT2D eigenvalue weighted by Gasteiger charge is 2.19. The molecule has 0 aliphatic heterocycles. The Balaban J connectivity index is 4.40. The summed E-state index contributed by atoms with van der Waals surface area (Å²) in [6, 6.07) is 0. The molecule has 434 valence electrons. The highest BCUT2D eigenvalue weighted by molar-refractivity contribution is 5.71. The zero-order chi connectivity index (χ0) is 54.3. The summed E-state index contributed by atoms with van der Waals surface area (Å²) < 4.78 is 16.9. The van der Waals surface area contributed by atoms with Gasteiger partial charge in [-0.05, 0) is 96.3 Å². The number of rotatable bonds is 59. The summed E-state index contributed by atoms with van der Waals surface area (Å²) in [6.07, 6.45) is 81.9. The Bertz CT molecular complexity index is 1390. The smallest absolute Gasteiger partial charge is 0.306 e. The molecule has 0 aliphatic carbocycles. The lowest BCUT2D eigenvalue weighted by Crippen LogP contribution is -2.30. The number of allylic oxidation sites excluding steroid dienone is 12. The van der Waals surface area contributed by atoms with Crippen LogP contribution in [0.1, 0.15) is 329 Å². The maximum Gasteiger partial charge on any atom is 0.306 e. The van der Waals surface area contributed by atoms with E-state index in [1.54, 1.807) is 0 Å². The van der Waals surface area contributed by atoms with Crippen molar-refractivity contribution in [1.82, 2.24) is 0 Å². The molecule has 6 nitrogen and oxygen atoms in total. The van der Waals surface area contributed by atoms with Gasteiger partial charge in [0.2, 0.25) is 0 Å². The van der Waals surface area contributed by atoms with Crippen LogP contribution in [0.4, 0.5) is 0 Å². The van der Waals surface area contributed by atoms with Crippen LogP contribution in [0.3, 0.4) is 0 Å². The quantitative estimate of drug-likeness (QED) is 0.0261. The average molecular weight is 1050 g/mol. The van der Waals surface area contributed by atoms with Crippen LogP contribution >= 0.6 is 0 Å². The molecule has 0 spiro atoms. The van der Waals surface area contributed by atoms with Crippen molar-refractivity contribution in [3.63, 3.8) is 0 Å². The Morgan fingerprint density at radius 2 is 0.480 bits per heavy atom. The maximum atomic E-state index is 12.9. The molecule has 0 rings (SSSR count). The Morgan fingerprint density at radius 3 is 0.787 bits per heavy atom. The van der Waals surface area contributed by atoms with Crippen LogP contribution in [0, 0.1) is 0 Å². The van der Waals surface area contributed by atoms with Gasteiger partial charge in [-0.2, -0.15) is 0 Å². The predicted molar refractivity (Wildman–Crippen MR) is 325 cm³/mol. The molecule has 0 saturated heterocycles. The third-order valence-corrected chi connectivity index (χ3v) is 14.2. The maximum absolute atomic E-state index is 12.9. The number of carbonyl (C=O) groups is 3. The summed E-state index contributed by atoms with van der Waals surface area (Å²) in [5, 5.41) is 0. The second-order valence-electron chi connectivity index (χ2n) is 21.7. The third-order valence-electron chi connectivity index (χ3n) is 14.2. The van der Waals surface area contributed by atoms with E-state index in [-0.39, 0.29) is 31.1 Å². The van der Waals surface area contributed by atoms with Crippen molar-refractivity contribution < 1.29 is 28.6 Å². The Labute approximate surface area is 465 Å². The fourth-order valence-corrected chi connectivity index (χ4v) is 9.28. The van der Waals surface area contributed by atoms with Crippen molar-refractivity contribution in [2.24, 2.45) is 0 Å². The molecule has 0 unspecified atom stereocenters. The van der Waals surface area contributed by atoms with E-state index in [1.807, 2.05) is 0 Å². The van der Waals surface area contributed by atoms with Gasteiger partial charge in [-0.1, -0.05) is 286 Å². The largest absolute Gasteiger partial charge is 0.462 e. The molecule has 6 heteroatoms. The van der Waals surface area contributed by atoms with E-state index in [2.05, 4.69) is 93.7 Å². The number of hydrogen-bond donors (Lipinski definition) is 0. The summed E-state index contributed by atoms with van der Waals surface area (Å²) in [5.74, 6) is -0.910. The lowest BCUT2D eigenvalue weighted by molar-refractivity contribution is -0.167. The number of ether oxygens (including phenoxy) is 3. The molecule has 0 bridgehead atoms. The first-order chi connectivity index (χ1) is 37.0. The summed E-state index contributed by atoms with van der Waals surface area (Å²) in [6.45, 7) is 6.60. The van der Waals surface area contributed by atoms with Gasteiger partial charge in [-0.3, -0.25) is 14.4 Å². The second kappa shape index (κ2) is 63.4.